The Balaban J connectivity index is 1.85. The van der Waals surface area contributed by atoms with Crippen LogP contribution in [0.3, 0.4) is 0 Å². The summed E-state index contributed by atoms with van der Waals surface area (Å²) in [5.74, 6) is 2.12. The zero-order valence-corrected chi connectivity index (χ0v) is 18.7. The summed E-state index contributed by atoms with van der Waals surface area (Å²) in [5.41, 5.74) is 3.86. The Morgan fingerprint density at radius 3 is 1.23 bits per heavy atom. The molecule has 6 nitrogen and oxygen atoms in total. The Morgan fingerprint density at radius 1 is 0.633 bits per heavy atom. The molecule has 0 radical (unpaired) electrons. The molecule has 0 aliphatic carbocycles. The average Bonchev–Trinajstić information content (AvgIpc) is 2.74. The molecule has 0 aliphatic heterocycles. The molecule has 0 aromatic heterocycles. The second kappa shape index (κ2) is 11.9. The van der Waals surface area contributed by atoms with Crippen molar-refractivity contribution in [1.82, 2.24) is 0 Å². The van der Waals surface area contributed by atoms with E-state index >= 15 is 0 Å². The van der Waals surface area contributed by atoms with Crippen LogP contribution in [0.15, 0.2) is 58.8 Å². The topological polar surface area (TPSA) is 61.6 Å². The van der Waals surface area contributed by atoms with Gasteiger partial charge in [0.15, 0.2) is 0 Å². The first-order valence-corrected chi connectivity index (χ1v) is 10.1. The van der Waals surface area contributed by atoms with Gasteiger partial charge in [0.2, 0.25) is 0 Å². The van der Waals surface area contributed by atoms with E-state index in [0.717, 1.165) is 34.0 Å². The SMILES string of the molecule is CON=C(c1ccc(OCCOc2ccc(/C(=N\OC)C(C)C)cc2)cc1)C(C)C. The standard InChI is InChI=1S/C24H32N2O4/c1-17(2)23(25-27-5)19-7-11-21(12-8-19)29-15-16-30-22-13-9-20(10-14-22)24(18(3)4)26-28-6/h7-14,17-18H,15-16H2,1-6H3/b25-23-,26-24?. The van der Waals surface area contributed by atoms with Gasteiger partial charge in [-0.05, 0) is 71.5 Å². The van der Waals surface area contributed by atoms with Crippen LogP contribution in [-0.4, -0.2) is 38.9 Å². The Bertz CT molecular complexity index is 754. The maximum Gasteiger partial charge on any atom is 0.122 e. The van der Waals surface area contributed by atoms with E-state index in [9.17, 15) is 0 Å². The van der Waals surface area contributed by atoms with E-state index in [1.807, 2.05) is 48.5 Å². The van der Waals surface area contributed by atoms with Gasteiger partial charge in [0.05, 0.1) is 11.4 Å². The summed E-state index contributed by atoms with van der Waals surface area (Å²) in [6.07, 6.45) is 0. The normalized spacial score (nSPS) is 12.3. The summed E-state index contributed by atoms with van der Waals surface area (Å²) in [4.78, 5) is 9.89. The molecule has 2 rings (SSSR count). The van der Waals surface area contributed by atoms with Crippen LogP contribution in [0.2, 0.25) is 0 Å². The second-order valence-electron chi connectivity index (χ2n) is 7.37. The number of ether oxygens (including phenoxy) is 2. The average molecular weight is 413 g/mol. The lowest BCUT2D eigenvalue weighted by atomic mass is 10.0. The highest BCUT2D eigenvalue weighted by Crippen LogP contribution is 2.18. The maximum absolute atomic E-state index is 5.78. The van der Waals surface area contributed by atoms with Gasteiger partial charge < -0.3 is 19.1 Å². The van der Waals surface area contributed by atoms with Crippen LogP contribution < -0.4 is 9.47 Å². The summed E-state index contributed by atoms with van der Waals surface area (Å²) in [5, 5.41) is 8.22. The summed E-state index contributed by atoms with van der Waals surface area (Å²) < 4.78 is 11.6. The van der Waals surface area contributed by atoms with E-state index in [0.29, 0.717) is 13.2 Å². The lowest BCUT2D eigenvalue weighted by Gasteiger charge is -2.12. The van der Waals surface area contributed by atoms with Gasteiger partial charge in [-0.15, -0.1) is 0 Å². The van der Waals surface area contributed by atoms with Crippen molar-refractivity contribution in [3.05, 3.63) is 59.7 Å². The molecule has 0 fully saturated rings. The summed E-state index contributed by atoms with van der Waals surface area (Å²) in [6.45, 7) is 9.24. The molecule has 0 bridgehead atoms. The molecule has 2 aromatic carbocycles. The van der Waals surface area contributed by atoms with Crippen LogP contribution in [-0.2, 0) is 9.68 Å². The van der Waals surface area contributed by atoms with Gasteiger partial charge >= 0.3 is 0 Å². The minimum absolute atomic E-state index is 0.272. The van der Waals surface area contributed by atoms with Crippen molar-refractivity contribution < 1.29 is 19.1 Å². The Labute approximate surface area is 179 Å². The Morgan fingerprint density at radius 2 is 0.967 bits per heavy atom. The van der Waals surface area contributed by atoms with Gasteiger partial charge in [-0.3, -0.25) is 0 Å². The fourth-order valence-electron chi connectivity index (χ4n) is 2.94. The van der Waals surface area contributed by atoms with Crippen molar-refractivity contribution in [3.8, 4) is 11.5 Å². The van der Waals surface area contributed by atoms with Crippen molar-refractivity contribution in [2.24, 2.45) is 22.1 Å². The van der Waals surface area contributed by atoms with Crippen molar-refractivity contribution in [1.29, 1.82) is 0 Å². The molecule has 0 aliphatic rings. The molecule has 0 spiro atoms. The van der Waals surface area contributed by atoms with Crippen molar-refractivity contribution in [2.45, 2.75) is 27.7 Å². The van der Waals surface area contributed by atoms with E-state index in [1.54, 1.807) is 14.2 Å². The molecule has 0 N–H and O–H groups in total. The molecular formula is C24H32N2O4. The van der Waals surface area contributed by atoms with Crippen LogP contribution in [0.5, 0.6) is 11.5 Å². The molecule has 6 heteroatoms. The largest absolute Gasteiger partial charge is 0.490 e. The summed E-state index contributed by atoms with van der Waals surface area (Å²) in [7, 11) is 3.12. The lowest BCUT2D eigenvalue weighted by Crippen LogP contribution is -2.11. The molecule has 0 heterocycles. The highest BCUT2D eigenvalue weighted by atomic mass is 16.6. The highest BCUT2D eigenvalue weighted by Gasteiger charge is 2.10. The lowest BCUT2D eigenvalue weighted by molar-refractivity contribution is 0.211. The fraction of sp³-hybridized carbons (Fsp3) is 0.417. The molecular weight excluding hydrogens is 380 g/mol. The third-order valence-corrected chi connectivity index (χ3v) is 4.39. The second-order valence-corrected chi connectivity index (χ2v) is 7.37. The summed E-state index contributed by atoms with van der Waals surface area (Å²) >= 11 is 0. The molecule has 30 heavy (non-hydrogen) atoms. The number of rotatable bonds is 11. The van der Waals surface area contributed by atoms with Crippen LogP contribution in [0.25, 0.3) is 0 Å². The Hall–Kier alpha value is -3.02. The van der Waals surface area contributed by atoms with Gasteiger partial charge in [-0.2, -0.15) is 0 Å². The Kier molecular flexibility index (Phi) is 9.19. The molecule has 2 aromatic rings. The fourth-order valence-corrected chi connectivity index (χ4v) is 2.94. The quantitative estimate of drug-likeness (QED) is 0.291. The van der Waals surface area contributed by atoms with Crippen LogP contribution >= 0.6 is 0 Å². The molecule has 0 unspecified atom stereocenters. The predicted molar refractivity (Wildman–Crippen MR) is 121 cm³/mol. The van der Waals surface area contributed by atoms with Crippen LogP contribution in [0.1, 0.15) is 38.8 Å². The third kappa shape index (κ3) is 6.79. The zero-order chi connectivity index (χ0) is 21.9. The number of nitrogens with zero attached hydrogens (tertiary/aromatic N) is 2. The van der Waals surface area contributed by atoms with Gasteiger partial charge in [0.1, 0.15) is 38.9 Å². The van der Waals surface area contributed by atoms with E-state index in [-0.39, 0.29) is 11.8 Å². The third-order valence-electron chi connectivity index (χ3n) is 4.39. The van der Waals surface area contributed by atoms with Gasteiger partial charge in [-0.25, -0.2) is 0 Å². The number of benzene rings is 2. The van der Waals surface area contributed by atoms with Gasteiger partial charge in [-0.1, -0.05) is 38.0 Å². The minimum Gasteiger partial charge on any atom is -0.490 e. The molecule has 162 valence electrons. The first-order valence-electron chi connectivity index (χ1n) is 10.1. The van der Waals surface area contributed by atoms with E-state index in [4.69, 9.17) is 19.1 Å². The minimum atomic E-state index is 0.272. The van der Waals surface area contributed by atoms with Crippen molar-refractivity contribution >= 4 is 11.4 Å². The molecule has 0 saturated heterocycles. The van der Waals surface area contributed by atoms with Crippen LogP contribution in [0, 0.1) is 11.8 Å². The molecule has 0 amide bonds. The number of hydrogen-bond acceptors (Lipinski definition) is 6. The first kappa shape index (κ1) is 23.3. The zero-order valence-electron chi connectivity index (χ0n) is 18.7. The van der Waals surface area contributed by atoms with Gasteiger partial charge in [0, 0.05) is 0 Å². The van der Waals surface area contributed by atoms with Gasteiger partial charge in [0.25, 0.3) is 0 Å². The highest BCUT2D eigenvalue weighted by molar-refractivity contribution is 6.02. The smallest absolute Gasteiger partial charge is 0.122 e. The summed E-state index contributed by atoms with van der Waals surface area (Å²) in [6, 6.07) is 15.7. The maximum atomic E-state index is 5.78. The van der Waals surface area contributed by atoms with E-state index in [2.05, 4.69) is 38.0 Å². The number of oxime groups is 2. The molecule has 0 atom stereocenters. The van der Waals surface area contributed by atoms with Crippen molar-refractivity contribution in [2.75, 3.05) is 27.4 Å². The number of hydrogen-bond donors (Lipinski definition) is 0. The van der Waals surface area contributed by atoms with E-state index < -0.39 is 0 Å². The molecule has 0 saturated carbocycles. The van der Waals surface area contributed by atoms with E-state index in [1.165, 1.54) is 0 Å². The van der Waals surface area contributed by atoms with Crippen molar-refractivity contribution in [3.63, 3.8) is 0 Å². The predicted octanol–water partition coefficient (Wildman–Crippen LogP) is 5.16. The van der Waals surface area contributed by atoms with Crippen LogP contribution in [0.4, 0.5) is 0 Å². The monoisotopic (exact) mass is 412 g/mol. The first-order chi connectivity index (χ1) is 14.5.